The molecule has 1 aromatic carbocycles. The molecule has 0 fully saturated rings. The summed E-state index contributed by atoms with van der Waals surface area (Å²) in [5.74, 6) is 0.508. The molecule has 4 heteroatoms. The number of para-hydroxylation sites is 1. The van der Waals surface area contributed by atoms with Crippen molar-refractivity contribution in [3.63, 3.8) is 0 Å². The number of allylic oxidation sites excluding steroid dienone is 2. The maximum atomic E-state index is 12.0. The van der Waals surface area contributed by atoms with Gasteiger partial charge in [-0.1, -0.05) is 31.2 Å². The minimum Gasteiger partial charge on any atom is -0.410 e. The van der Waals surface area contributed by atoms with Crippen LogP contribution in [0.2, 0.25) is 0 Å². The van der Waals surface area contributed by atoms with Gasteiger partial charge in [-0.25, -0.2) is 4.79 Å². The third-order valence-corrected chi connectivity index (χ3v) is 3.16. The van der Waals surface area contributed by atoms with Crippen molar-refractivity contribution < 1.29 is 14.3 Å². The molecule has 1 atom stereocenters. The van der Waals surface area contributed by atoms with Crippen molar-refractivity contribution in [3.8, 4) is 5.75 Å². The van der Waals surface area contributed by atoms with E-state index in [4.69, 9.17) is 4.74 Å². The van der Waals surface area contributed by atoms with Crippen LogP contribution in [0.1, 0.15) is 20.3 Å². The predicted molar refractivity (Wildman–Crippen MR) is 76.0 cm³/mol. The average Bonchev–Trinajstić information content (AvgIpc) is 2.47. The molecule has 1 aromatic rings. The van der Waals surface area contributed by atoms with Crippen LogP contribution in [-0.2, 0) is 4.79 Å². The number of nitrogens with zero attached hydrogens (tertiary/aromatic N) is 1. The molecule has 0 N–H and O–H groups in total. The summed E-state index contributed by atoms with van der Waals surface area (Å²) >= 11 is 0. The fourth-order valence-electron chi connectivity index (χ4n) is 2.05. The Labute approximate surface area is 118 Å². The molecule has 0 saturated heterocycles. The second-order valence-electron chi connectivity index (χ2n) is 4.59. The van der Waals surface area contributed by atoms with E-state index in [1.54, 1.807) is 36.7 Å². The van der Waals surface area contributed by atoms with Crippen LogP contribution in [0.25, 0.3) is 0 Å². The molecule has 0 bridgehead atoms. The Morgan fingerprint density at radius 1 is 1.25 bits per heavy atom. The molecule has 1 heterocycles. The van der Waals surface area contributed by atoms with Gasteiger partial charge < -0.3 is 4.74 Å². The molecule has 0 aliphatic carbocycles. The van der Waals surface area contributed by atoms with Crippen molar-refractivity contribution in [1.82, 2.24) is 4.90 Å². The number of hydrogen-bond donors (Lipinski definition) is 0. The van der Waals surface area contributed by atoms with Crippen molar-refractivity contribution in [2.24, 2.45) is 5.92 Å². The minimum atomic E-state index is -0.527. The number of benzene rings is 1. The van der Waals surface area contributed by atoms with Crippen LogP contribution in [0.15, 0.2) is 54.4 Å². The molecule has 20 heavy (non-hydrogen) atoms. The summed E-state index contributed by atoms with van der Waals surface area (Å²) in [7, 11) is 0. The molecule has 1 aliphatic rings. The fraction of sp³-hybridized carbons (Fsp3) is 0.250. The molecule has 2 rings (SSSR count). The molecule has 104 valence electrons. The third-order valence-electron chi connectivity index (χ3n) is 3.16. The third kappa shape index (κ3) is 3.15. The number of rotatable bonds is 3. The molecule has 1 unspecified atom stereocenters. The molecule has 0 aromatic heterocycles. The van der Waals surface area contributed by atoms with Crippen molar-refractivity contribution >= 4 is 11.9 Å². The van der Waals surface area contributed by atoms with Crippen LogP contribution in [-0.4, -0.2) is 16.8 Å². The van der Waals surface area contributed by atoms with Crippen LogP contribution in [0, 0.1) is 5.92 Å². The highest BCUT2D eigenvalue weighted by atomic mass is 16.6. The van der Waals surface area contributed by atoms with E-state index in [1.807, 2.05) is 19.1 Å². The number of ketones is 1. The number of carbonyl (C=O) groups excluding carboxylic acids is 2. The lowest BCUT2D eigenvalue weighted by atomic mass is 9.92. The smallest absolute Gasteiger partial charge is 0.410 e. The monoisotopic (exact) mass is 271 g/mol. The maximum absolute atomic E-state index is 12.0. The highest BCUT2D eigenvalue weighted by Gasteiger charge is 2.22. The maximum Gasteiger partial charge on any atom is 0.423 e. The van der Waals surface area contributed by atoms with E-state index in [-0.39, 0.29) is 11.7 Å². The van der Waals surface area contributed by atoms with E-state index in [2.05, 4.69) is 0 Å². The van der Waals surface area contributed by atoms with Crippen LogP contribution in [0.4, 0.5) is 4.79 Å². The second kappa shape index (κ2) is 6.19. The van der Waals surface area contributed by atoms with E-state index in [9.17, 15) is 9.59 Å². The number of amides is 1. The van der Waals surface area contributed by atoms with Gasteiger partial charge in [0.15, 0.2) is 5.78 Å². The Bertz CT molecular complexity index is 560. The quantitative estimate of drug-likeness (QED) is 0.845. The van der Waals surface area contributed by atoms with Gasteiger partial charge in [0.1, 0.15) is 5.75 Å². The van der Waals surface area contributed by atoms with E-state index in [0.29, 0.717) is 11.3 Å². The summed E-state index contributed by atoms with van der Waals surface area (Å²) in [5, 5.41) is 0. The summed E-state index contributed by atoms with van der Waals surface area (Å²) < 4.78 is 5.23. The first kappa shape index (κ1) is 14.1. The normalized spacial score (nSPS) is 17.6. The first-order valence-corrected chi connectivity index (χ1v) is 6.58. The number of carbonyl (C=O) groups is 2. The zero-order valence-corrected chi connectivity index (χ0v) is 11.6. The van der Waals surface area contributed by atoms with Crippen molar-refractivity contribution in [2.75, 3.05) is 0 Å². The lowest BCUT2D eigenvalue weighted by Crippen LogP contribution is -2.28. The summed E-state index contributed by atoms with van der Waals surface area (Å²) in [6.07, 6.45) is 5.35. The first-order chi connectivity index (χ1) is 9.61. The molecule has 0 saturated carbocycles. The largest absolute Gasteiger partial charge is 0.423 e. The molecule has 1 amide bonds. The molecular formula is C16H17NO3. The molecular weight excluding hydrogens is 254 g/mol. The zero-order valence-electron chi connectivity index (χ0n) is 11.6. The van der Waals surface area contributed by atoms with Gasteiger partial charge in [0, 0.05) is 23.9 Å². The topological polar surface area (TPSA) is 46.6 Å². The van der Waals surface area contributed by atoms with Gasteiger partial charge in [0.05, 0.1) is 0 Å². The standard InChI is InChI=1S/C16H17NO3/c1-3-13-9-10-17(11-15(13)12(2)18)16(19)20-14-7-5-4-6-8-14/h4-11,13H,3H2,1-2H3. The van der Waals surface area contributed by atoms with Gasteiger partial charge >= 0.3 is 6.09 Å². The SMILES string of the molecule is CCC1C=CN(C(=O)Oc2ccccc2)C=C1C(C)=O. The Kier molecular flexibility index (Phi) is 4.35. The van der Waals surface area contributed by atoms with Crippen molar-refractivity contribution in [1.29, 1.82) is 0 Å². The number of ether oxygens (including phenoxy) is 1. The van der Waals surface area contributed by atoms with Gasteiger partial charge in [-0.3, -0.25) is 9.69 Å². The van der Waals surface area contributed by atoms with Gasteiger partial charge in [0.25, 0.3) is 0 Å². The Morgan fingerprint density at radius 3 is 2.55 bits per heavy atom. The zero-order chi connectivity index (χ0) is 14.5. The summed E-state index contributed by atoms with van der Waals surface area (Å²) in [6, 6.07) is 8.83. The van der Waals surface area contributed by atoms with Crippen LogP contribution < -0.4 is 4.74 Å². The van der Waals surface area contributed by atoms with Crippen LogP contribution in [0.3, 0.4) is 0 Å². The van der Waals surface area contributed by atoms with Gasteiger partial charge in [0.2, 0.25) is 0 Å². The minimum absolute atomic E-state index is 0.0290. The Hall–Kier alpha value is -2.36. The first-order valence-electron chi connectivity index (χ1n) is 6.58. The molecule has 1 aliphatic heterocycles. The Balaban J connectivity index is 2.13. The van der Waals surface area contributed by atoms with E-state index >= 15 is 0 Å². The highest BCUT2D eigenvalue weighted by Crippen LogP contribution is 2.24. The molecule has 0 radical (unpaired) electrons. The second-order valence-corrected chi connectivity index (χ2v) is 4.59. The van der Waals surface area contributed by atoms with Gasteiger partial charge in [-0.05, 0) is 25.5 Å². The molecule has 4 nitrogen and oxygen atoms in total. The van der Waals surface area contributed by atoms with E-state index in [0.717, 1.165) is 6.42 Å². The van der Waals surface area contributed by atoms with Crippen molar-refractivity contribution in [2.45, 2.75) is 20.3 Å². The lowest BCUT2D eigenvalue weighted by molar-refractivity contribution is -0.114. The summed E-state index contributed by atoms with van der Waals surface area (Å²) in [5.41, 5.74) is 0.625. The Morgan fingerprint density at radius 2 is 1.95 bits per heavy atom. The van der Waals surface area contributed by atoms with E-state index < -0.39 is 6.09 Å². The van der Waals surface area contributed by atoms with Crippen molar-refractivity contribution in [3.05, 3.63) is 54.4 Å². The molecule has 0 spiro atoms. The van der Waals surface area contributed by atoms with Crippen LogP contribution >= 0.6 is 0 Å². The lowest BCUT2D eigenvalue weighted by Gasteiger charge is -2.23. The van der Waals surface area contributed by atoms with E-state index in [1.165, 1.54) is 11.8 Å². The summed E-state index contributed by atoms with van der Waals surface area (Å²) in [6.45, 7) is 3.51. The fourth-order valence-corrected chi connectivity index (χ4v) is 2.05. The van der Waals surface area contributed by atoms with Gasteiger partial charge in [-0.15, -0.1) is 0 Å². The van der Waals surface area contributed by atoms with Gasteiger partial charge in [-0.2, -0.15) is 0 Å². The summed E-state index contributed by atoms with van der Waals surface area (Å²) in [4.78, 5) is 24.9. The number of hydrogen-bond acceptors (Lipinski definition) is 3. The highest BCUT2D eigenvalue weighted by molar-refractivity contribution is 5.95. The predicted octanol–water partition coefficient (Wildman–Crippen LogP) is 3.51. The number of Topliss-reactive ketones (excluding diaryl/α,β-unsaturated/α-hetero) is 1. The average molecular weight is 271 g/mol. The van der Waals surface area contributed by atoms with Crippen LogP contribution in [0.5, 0.6) is 5.75 Å².